The van der Waals surface area contributed by atoms with Crippen LogP contribution in [-0.2, 0) is 4.79 Å². The van der Waals surface area contributed by atoms with E-state index in [4.69, 9.17) is 5.11 Å². The van der Waals surface area contributed by atoms with Crippen LogP contribution in [0.3, 0.4) is 0 Å². The molecule has 190 valence electrons. The number of nitrogens with one attached hydrogen (secondary N) is 1. The van der Waals surface area contributed by atoms with Crippen molar-refractivity contribution in [2.45, 2.75) is 44.7 Å². The Bertz CT molecular complexity index is 1170. The van der Waals surface area contributed by atoms with Gasteiger partial charge in [-0.15, -0.1) is 0 Å². The standard InChI is InChI=1S/C26H32N6O4/c1-17-24(33)29(2)22-16-27-23(15-21(22)32(17)20-8-3-4-9-20)28-19-7-5-6-18(14-19)25(34)30-10-12-31(13-11-30)26(35)36/h5-7,14-17,20H,3-4,8-13H2,1-2H3,(H,27,28)(H,35,36). The van der Waals surface area contributed by atoms with E-state index in [-0.39, 0.29) is 17.9 Å². The number of hydrogen-bond acceptors (Lipinski definition) is 6. The van der Waals surface area contributed by atoms with Crippen molar-refractivity contribution in [2.75, 3.05) is 48.3 Å². The third-order valence-electron chi connectivity index (χ3n) is 7.54. The molecule has 1 unspecified atom stereocenters. The number of anilines is 4. The number of amides is 3. The zero-order chi connectivity index (χ0) is 25.4. The largest absolute Gasteiger partial charge is 0.465 e. The first kappa shape index (κ1) is 23.9. The first-order chi connectivity index (χ1) is 17.3. The van der Waals surface area contributed by atoms with Crippen LogP contribution in [0, 0.1) is 0 Å². The van der Waals surface area contributed by atoms with Gasteiger partial charge in [0.1, 0.15) is 11.9 Å². The van der Waals surface area contributed by atoms with Gasteiger partial charge >= 0.3 is 6.09 Å². The van der Waals surface area contributed by atoms with E-state index in [1.165, 1.54) is 17.7 Å². The normalized spacial score (nSPS) is 20.5. The van der Waals surface area contributed by atoms with Crippen molar-refractivity contribution in [1.29, 1.82) is 0 Å². The van der Waals surface area contributed by atoms with Crippen LogP contribution in [0.1, 0.15) is 43.0 Å². The number of carbonyl (C=O) groups is 3. The number of aromatic nitrogens is 1. The fourth-order valence-corrected chi connectivity index (χ4v) is 5.55. The van der Waals surface area contributed by atoms with Crippen molar-refractivity contribution < 1.29 is 19.5 Å². The maximum Gasteiger partial charge on any atom is 0.407 e. The number of piperazine rings is 1. The van der Waals surface area contributed by atoms with Crippen LogP contribution in [0.2, 0.25) is 0 Å². The maximum atomic E-state index is 13.0. The number of rotatable bonds is 4. The monoisotopic (exact) mass is 492 g/mol. The van der Waals surface area contributed by atoms with Gasteiger partial charge in [-0.3, -0.25) is 9.59 Å². The minimum Gasteiger partial charge on any atom is -0.465 e. The molecule has 10 heteroatoms. The number of fused-ring (bicyclic) bond motifs is 1. The van der Waals surface area contributed by atoms with Gasteiger partial charge in [0, 0.05) is 56.6 Å². The van der Waals surface area contributed by atoms with Gasteiger partial charge in [0.2, 0.25) is 5.91 Å². The number of benzene rings is 1. The van der Waals surface area contributed by atoms with Gasteiger partial charge in [-0.25, -0.2) is 9.78 Å². The molecule has 0 spiro atoms. The van der Waals surface area contributed by atoms with E-state index in [0.717, 1.165) is 29.9 Å². The van der Waals surface area contributed by atoms with E-state index >= 15 is 0 Å². The Kier molecular flexibility index (Phi) is 6.42. The van der Waals surface area contributed by atoms with Crippen LogP contribution in [-0.4, -0.2) is 83.1 Å². The van der Waals surface area contributed by atoms with E-state index in [1.54, 1.807) is 35.2 Å². The molecule has 0 bridgehead atoms. The number of nitrogens with zero attached hydrogens (tertiary/aromatic N) is 5. The molecule has 3 aliphatic rings. The molecule has 1 saturated carbocycles. The Labute approximate surface area is 210 Å². The van der Waals surface area contributed by atoms with Crippen LogP contribution < -0.4 is 15.1 Å². The summed E-state index contributed by atoms with van der Waals surface area (Å²) in [6.45, 7) is 3.34. The molecule has 10 nitrogen and oxygen atoms in total. The number of pyridine rings is 1. The molecular formula is C26H32N6O4. The van der Waals surface area contributed by atoms with Crippen molar-refractivity contribution in [3.05, 3.63) is 42.1 Å². The molecule has 1 saturated heterocycles. The molecule has 1 aromatic heterocycles. The Balaban J connectivity index is 1.35. The Morgan fingerprint density at radius 2 is 1.72 bits per heavy atom. The number of carbonyl (C=O) groups excluding carboxylic acids is 2. The summed E-state index contributed by atoms with van der Waals surface area (Å²) < 4.78 is 0. The molecule has 1 atom stereocenters. The van der Waals surface area contributed by atoms with Crippen molar-refractivity contribution in [3.63, 3.8) is 0 Å². The van der Waals surface area contributed by atoms with Crippen molar-refractivity contribution in [3.8, 4) is 0 Å². The van der Waals surface area contributed by atoms with Gasteiger partial charge in [0.05, 0.1) is 17.6 Å². The summed E-state index contributed by atoms with van der Waals surface area (Å²) in [7, 11) is 1.80. The van der Waals surface area contributed by atoms with E-state index in [9.17, 15) is 14.4 Å². The molecule has 0 radical (unpaired) electrons. The second kappa shape index (κ2) is 9.67. The first-order valence-electron chi connectivity index (χ1n) is 12.5. The van der Waals surface area contributed by atoms with Crippen LogP contribution in [0.25, 0.3) is 0 Å². The Morgan fingerprint density at radius 1 is 1.03 bits per heavy atom. The van der Waals surface area contributed by atoms with Crippen molar-refractivity contribution >= 4 is 40.8 Å². The van der Waals surface area contributed by atoms with Crippen LogP contribution in [0.15, 0.2) is 36.5 Å². The quantitative estimate of drug-likeness (QED) is 0.673. The highest BCUT2D eigenvalue weighted by molar-refractivity contribution is 6.05. The second-order valence-electron chi connectivity index (χ2n) is 9.74. The predicted octanol–water partition coefficient (Wildman–Crippen LogP) is 3.37. The zero-order valence-corrected chi connectivity index (χ0v) is 20.7. The highest BCUT2D eigenvalue weighted by atomic mass is 16.4. The van der Waals surface area contributed by atoms with E-state index in [1.807, 2.05) is 25.1 Å². The third-order valence-corrected chi connectivity index (χ3v) is 7.54. The van der Waals surface area contributed by atoms with Crippen LogP contribution >= 0.6 is 0 Å². The maximum absolute atomic E-state index is 13.0. The summed E-state index contributed by atoms with van der Waals surface area (Å²) >= 11 is 0. The van der Waals surface area contributed by atoms with Crippen molar-refractivity contribution in [2.24, 2.45) is 0 Å². The summed E-state index contributed by atoms with van der Waals surface area (Å²) in [6, 6.07) is 9.36. The minimum absolute atomic E-state index is 0.0762. The Hall–Kier alpha value is -3.82. The highest BCUT2D eigenvalue weighted by Crippen LogP contribution is 2.41. The molecule has 2 aromatic rings. The van der Waals surface area contributed by atoms with Gasteiger partial charge in [-0.05, 0) is 38.0 Å². The van der Waals surface area contributed by atoms with Crippen LogP contribution in [0.4, 0.5) is 27.7 Å². The van der Waals surface area contributed by atoms with Crippen LogP contribution in [0.5, 0.6) is 0 Å². The lowest BCUT2D eigenvalue weighted by Gasteiger charge is -2.43. The summed E-state index contributed by atoms with van der Waals surface area (Å²) in [5.41, 5.74) is 3.07. The van der Waals surface area contributed by atoms with Gasteiger partial charge in [0.15, 0.2) is 0 Å². The molecule has 1 aliphatic carbocycles. The average Bonchev–Trinajstić information content (AvgIpc) is 3.42. The van der Waals surface area contributed by atoms with E-state index < -0.39 is 6.09 Å². The smallest absolute Gasteiger partial charge is 0.407 e. The summed E-state index contributed by atoms with van der Waals surface area (Å²) in [4.78, 5) is 48.6. The molecule has 36 heavy (non-hydrogen) atoms. The molecular weight excluding hydrogens is 460 g/mol. The fraction of sp³-hybridized carbons (Fsp3) is 0.462. The molecule has 3 heterocycles. The zero-order valence-electron chi connectivity index (χ0n) is 20.7. The second-order valence-corrected chi connectivity index (χ2v) is 9.74. The summed E-state index contributed by atoms with van der Waals surface area (Å²) in [5, 5.41) is 12.5. The molecule has 3 amide bonds. The number of carboxylic acid groups (broad SMARTS) is 1. The minimum atomic E-state index is -0.956. The van der Waals surface area contributed by atoms with Gasteiger partial charge in [0.25, 0.3) is 5.91 Å². The molecule has 2 fully saturated rings. The average molecular weight is 493 g/mol. The molecule has 1 aromatic carbocycles. The topological polar surface area (TPSA) is 109 Å². The lowest BCUT2D eigenvalue weighted by Crippen LogP contribution is -2.54. The number of likely N-dealkylation sites (N-methyl/N-ethyl adjacent to an activating group) is 1. The van der Waals surface area contributed by atoms with Gasteiger partial charge < -0.3 is 30.0 Å². The fourth-order valence-electron chi connectivity index (χ4n) is 5.55. The van der Waals surface area contributed by atoms with E-state index in [0.29, 0.717) is 43.6 Å². The predicted molar refractivity (Wildman–Crippen MR) is 137 cm³/mol. The summed E-state index contributed by atoms with van der Waals surface area (Å²) in [5.74, 6) is 0.599. The summed E-state index contributed by atoms with van der Waals surface area (Å²) in [6.07, 6.45) is 5.29. The van der Waals surface area contributed by atoms with Gasteiger partial charge in [-0.2, -0.15) is 0 Å². The highest BCUT2D eigenvalue weighted by Gasteiger charge is 2.38. The molecule has 2 aliphatic heterocycles. The lowest BCUT2D eigenvalue weighted by atomic mass is 10.0. The van der Waals surface area contributed by atoms with Gasteiger partial charge in [-0.1, -0.05) is 18.9 Å². The van der Waals surface area contributed by atoms with Crippen molar-refractivity contribution in [1.82, 2.24) is 14.8 Å². The SMILES string of the molecule is CC1C(=O)N(C)c2cnc(Nc3cccc(C(=O)N4CCN(C(=O)O)CC4)c3)cc2N1C1CCCC1. The third kappa shape index (κ3) is 4.43. The first-order valence-corrected chi connectivity index (χ1v) is 12.5. The Morgan fingerprint density at radius 3 is 2.42 bits per heavy atom. The molecule has 2 N–H and O–H groups in total. The lowest BCUT2D eigenvalue weighted by molar-refractivity contribution is -0.119. The van der Waals surface area contributed by atoms with E-state index in [2.05, 4.69) is 15.2 Å². The number of hydrogen-bond donors (Lipinski definition) is 2. The molecule has 5 rings (SSSR count).